The van der Waals surface area contributed by atoms with Gasteiger partial charge in [-0.3, -0.25) is 9.59 Å². The van der Waals surface area contributed by atoms with Crippen LogP contribution in [0.15, 0.2) is 24.3 Å². The molecule has 0 saturated heterocycles. The summed E-state index contributed by atoms with van der Waals surface area (Å²) in [6, 6.07) is 8.07. The minimum Gasteiger partial charge on any atom is -0.481 e. The first kappa shape index (κ1) is 19.2. The van der Waals surface area contributed by atoms with Crippen molar-refractivity contribution in [3.05, 3.63) is 35.4 Å². The molecule has 1 atom stereocenters. The fraction of sp³-hybridized carbons (Fsp3) is 0.579. The van der Waals surface area contributed by atoms with E-state index in [0.717, 1.165) is 31.2 Å². The number of benzene rings is 1. The molecule has 23 heavy (non-hydrogen) atoms. The number of aliphatic carboxylic acids is 2. The van der Waals surface area contributed by atoms with Gasteiger partial charge in [-0.1, -0.05) is 57.4 Å². The zero-order chi connectivity index (χ0) is 17.2. The van der Waals surface area contributed by atoms with E-state index in [0.29, 0.717) is 12.3 Å². The van der Waals surface area contributed by atoms with Crippen LogP contribution in [0.25, 0.3) is 0 Å². The first-order valence-corrected chi connectivity index (χ1v) is 8.54. The standard InChI is InChI=1S/C19H28O4/c1-3-5-9-14(8-4-2)16-11-7-6-10-15(16)12-13-17(18(20)21)19(22)23/h6-7,10-11,14,17H,3-5,8-9,12-13H2,1-2H3,(H,20,21)(H,22,23). The van der Waals surface area contributed by atoms with Crippen LogP contribution in [0.4, 0.5) is 0 Å². The highest BCUT2D eigenvalue weighted by Gasteiger charge is 2.26. The van der Waals surface area contributed by atoms with Crippen LogP contribution in [0.5, 0.6) is 0 Å². The maximum Gasteiger partial charge on any atom is 0.317 e. The van der Waals surface area contributed by atoms with Crippen LogP contribution in [0.2, 0.25) is 0 Å². The summed E-state index contributed by atoms with van der Waals surface area (Å²) >= 11 is 0. The summed E-state index contributed by atoms with van der Waals surface area (Å²) in [5.74, 6) is -3.37. The van der Waals surface area contributed by atoms with Gasteiger partial charge in [0.05, 0.1) is 0 Å². The smallest absolute Gasteiger partial charge is 0.317 e. The summed E-state index contributed by atoms with van der Waals surface area (Å²) in [7, 11) is 0. The number of hydrogen-bond acceptors (Lipinski definition) is 2. The number of carboxylic acid groups (broad SMARTS) is 2. The SMILES string of the molecule is CCCCC(CCC)c1ccccc1CCC(C(=O)O)C(=O)O. The molecule has 0 spiro atoms. The molecular formula is C19H28O4. The van der Waals surface area contributed by atoms with Gasteiger partial charge < -0.3 is 10.2 Å². The van der Waals surface area contributed by atoms with Crippen LogP contribution >= 0.6 is 0 Å². The fourth-order valence-corrected chi connectivity index (χ4v) is 3.07. The largest absolute Gasteiger partial charge is 0.481 e. The Morgan fingerprint density at radius 2 is 1.61 bits per heavy atom. The summed E-state index contributed by atoms with van der Waals surface area (Å²) in [6.07, 6.45) is 6.30. The second kappa shape index (κ2) is 10.0. The highest BCUT2D eigenvalue weighted by Crippen LogP contribution is 2.30. The second-order valence-corrected chi connectivity index (χ2v) is 6.09. The normalized spacial score (nSPS) is 12.3. The van der Waals surface area contributed by atoms with Crippen LogP contribution in [0.3, 0.4) is 0 Å². The minimum absolute atomic E-state index is 0.133. The quantitative estimate of drug-likeness (QED) is 0.590. The van der Waals surface area contributed by atoms with Crippen molar-refractivity contribution >= 4 is 11.9 Å². The van der Waals surface area contributed by atoms with Crippen molar-refractivity contribution in [1.82, 2.24) is 0 Å². The summed E-state index contributed by atoms with van der Waals surface area (Å²) in [5.41, 5.74) is 2.35. The Morgan fingerprint density at radius 3 is 2.17 bits per heavy atom. The van der Waals surface area contributed by atoms with Gasteiger partial charge in [-0.05, 0) is 42.7 Å². The van der Waals surface area contributed by atoms with E-state index in [1.54, 1.807) is 0 Å². The number of rotatable bonds is 11. The number of carbonyl (C=O) groups is 2. The average molecular weight is 320 g/mol. The lowest BCUT2D eigenvalue weighted by molar-refractivity contribution is -0.154. The highest BCUT2D eigenvalue weighted by atomic mass is 16.4. The summed E-state index contributed by atoms with van der Waals surface area (Å²) in [4.78, 5) is 22.1. The molecule has 1 aromatic carbocycles. The molecule has 1 rings (SSSR count). The highest BCUT2D eigenvalue weighted by molar-refractivity contribution is 5.92. The molecule has 0 amide bonds. The van der Waals surface area contributed by atoms with E-state index in [4.69, 9.17) is 10.2 Å². The van der Waals surface area contributed by atoms with E-state index >= 15 is 0 Å². The molecular weight excluding hydrogens is 292 g/mol. The van der Waals surface area contributed by atoms with E-state index in [9.17, 15) is 9.59 Å². The van der Waals surface area contributed by atoms with Gasteiger partial charge in [0.15, 0.2) is 5.92 Å². The Balaban J connectivity index is 2.90. The third-order valence-electron chi connectivity index (χ3n) is 4.34. The van der Waals surface area contributed by atoms with Crippen molar-refractivity contribution in [3.8, 4) is 0 Å². The predicted octanol–water partition coefficient (Wildman–Crippen LogP) is 4.48. The average Bonchev–Trinajstić information content (AvgIpc) is 2.51. The van der Waals surface area contributed by atoms with Crippen LogP contribution in [-0.2, 0) is 16.0 Å². The third-order valence-corrected chi connectivity index (χ3v) is 4.34. The number of aryl methyl sites for hydroxylation is 1. The van der Waals surface area contributed by atoms with E-state index in [1.165, 1.54) is 12.0 Å². The maximum atomic E-state index is 11.0. The van der Waals surface area contributed by atoms with Crippen LogP contribution in [0, 0.1) is 5.92 Å². The summed E-state index contributed by atoms with van der Waals surface area (Å²) in [6.45, 7) is 4.35. The number of hydrogen-bond donors (Lipinski definition) is 2. The van der Waals surface area contributed by atoms with Crippen LogP contribution in [0.1, 0.15) is 69.4 Å². The molecule has 1 unspecified atom stereocenters. The van der Waals surface area contributed by atoms with E-state index in [1.807, 2.05) is 18.2 Å². The van der Waals surface area contributed by atoms with Gasteiger partial charge in [0.2, 0.25) is 0 Å². The molecule has 2 N–H and O–H groups in total. The first-order valence-electron chi connectivity index (χ1n) is 8.54. The molecule has 0 aliphatic rings. The third kappa shape index (κ3) is 6.05. The lowest BCUT2D eigenvalue weighted by atomic mass is 9.85. The van der Waals surface area contributed by atoms with Crippen molar-refractivity contribution in [3.63, 3.8) is 0 Å². The van der Waals surface area contributed by atoms with E-state index in [-0.39, 0.29) is 6.42 Å². The minimum atomic E-state index is -1.33. The molecule has 0 heterocycles. The molecule has 0 aliphatic heterocycles. The van der Waals surface area contributed by atoms with Crippen molar-refractivity contribution in [1.29, 1.82) is 0 Å². The van der Waals surface area contributed by atoms with Crippen molar-refractivity contribution < 1.29 is 19.8 Å². The van der Waals surface area contributed by atoms with Gasteiger partial charge >= 0.3 is 11.9 Å². The zero-order valence-corrected chi connectivity index (χ0v) is 14.1. The summed E-state index contributed by atoms with van der Waals surface area (Å²) < 4.78 is 0. The monoisotopic (exact) mass is 320 g/mol. The van der Waals surface area contributed by atoms with E-state index < -0.39 is 17.9 Å². The second-order valence-electron chi connectivity index (χ2n) is 6.09. The Hall–Kier alpha value is -1.84. The van der Waals surface area contributed by atoms with Crippen molar-refractivity contribution in [2.24, 2.45) is 5.92 Å². The molecule has 4 heteroatoms. The Morgan fingerprint density at radius 1 is 0.957 bits per heavy atom. The van der Waals surface area contributed by atoms with Gasteiger partial charge in [0.25, 0.3) is 0 Å². The first-order chi connectivity index (χ1) is 11.0. The lowest BCUT2D eigenvalue weighted by Crippen LogP contribution is -2.24. The predicted molar refractivity (Wildman–Crippen MR) is 90.7 cm³/mol. The summed E-state index contributed by atoms with van der Waals surface area (Å²) in [5, 5.41) is 18.0. The molecule has 1 aromatic rings. The molecule has 0 fully saturated rings. The Kier molecular flexibility index (Phi) is 8.38. The fourth-order valence-electron chi connectivity index (χ4n) is 3.07. The number of unbranched alkanes of at least 4 members (excludes halogenated alkanes) is 1. The van der Waals surface area contributed by atoms with Gasteiger partial charge in [-0.2, -0.15) is 0 Å². The Labute approximate surface area is 138 Å². The molecule has 0 aliphatic carbocycles. The Bertz CT molecular complexity index is 496. The molecule has 4 nitrogen and oxygen atoms in total. The molecule has 0 aromatic heterocycles. The van der Waals surface area contributed by atoms with Crippen LogP contribution in [-0.4, -0.2) is 22.2 Å². The zero-order valence-electron chi connectivity index (χ0n) is 14.1. The lowest BCUT2D eigenvalue weighted by Gasteiger charge is -2.20. The van der Waals surface area contributed by atoms with Crippen molar-refractivity contribution in [2.75, 3.05) is 0 Å². The molecule has 0 saturated carbocycles. The molecule has 0 bridgehead atoms. The molecule has 0 radical (unpaired) electrons. The van der Waals surface area contributed by atoms with Gasteiger partial charge in [0.1, 0.15) is 0 Å². The number of carboxylic acids is 2. The van der Waals surface area contributed by atoms with Crippen LogP contribution < -0.4 is 0 Å². The van der Waals surface area contributed by atoms with Gasteiger partial charge in [-0.15, -0.1) is 0 Å². The van der Waals surface area contributed by atoms with Gasteiger partial charge in [-0.25, -0.2) is 0 Å². The topological polar surface area (TPSA) is 74.6 Å². The molecule has 128 valence electrons. The van der Waals surface area contributed by atoms with Crippen molar-refractivity contribution in [2.45, 2.75) is 64.7 Å². The maximum absolute atomic E-state index is 11.0. The van der Waals surface area contributed by atoms with E-state index in [2.05, 4.69) is 19.9 Å². The van der Waals surface area contributed by atoms with Gasteiger partial charge in [0, 0.05) is 0 Å².